The van der Waals surface area contributed by atoms with Gasteiger partial charge in [-0.1, -0.05) is 17.7 Å². The highest BCUT2D eigenvalue weighted by molar-refractivity contribution is 6.33. The maximum Gasteiger partial charge on any atom is 0.410 e. The zero-order chi connectivity index (χ0) is 18.4. The second-order valence-electron chi connectivity index (χ2n) is 5.97. The van der Waals surface area contributed by atoms with Crippen LogP contribution in [0, 0.1) is 0 Å². The molecule has 1 N–H and O–H groups in total. The SMILES string of the molecule is CC1(C)OCC(c2ccc(Cl)c(-c3ncnn3C(F)F)c2)N1C(=O)O. The Balaban J connectivity index is 2.06. The fourth-order valence-electron chi connectivity index (χ4n) is 2.92. The van der Waals surface area contributed by atoms with Crippen LogP contribution in [0.3, 0.4) is 0 Å². The van der Waals surface area contributed by atoms with Crippen LogP contribution in [0.4, 0.5) is 13.6 Å². The van der Waals surface area contributed by atoms with Crippen LogP contribution < -0.4 is 0 Å². The Bertz CT molecular complexity index is 812. The van der Waals surface area contributed by atoms with Gasteiger partial charge in [-0.05, 0) is 31.5 Å². The molecule has 2 aromatic rings. The number of hydrogen-bond donors (Lipinski definition) is 1. The molecule has 0 saturated carbocycles. The summed E-state index contributed by atoms with van der Waals surface area (Å²) in [4.78, 5) is 16.6. The lowest BCUT2D eigenvalue weighted by molar-refractivity contribution is -0.0420. The zero-order valence-corrected chi connectivity index (χ0v) is 14.1. The lowest BCUT2D eigenvalue weighted by Gasteiger charge is -2.31. The molecular weight excluding hydrogens is 358 g/mol. The number of hydrogen-bond acceptors (Lipinski definition) is 4. The van der Waals surface area contributed by atoms with Gasteiger partial charge in [-0.2, -0.15) is 18.6 Å². The molecule has 1 saturated heterocycles. The van der Waals surface area contributed by atoms with Crippen LogP contribution >= 0.6 is 11.6 Å². The summed E-state index contributed by atoms with van der Waals surface area (Å²) in [5.41, 5.74) is -0.192. The molecule has 0 bridgehead atoms. The van der Waals surface area contributed by atoms with E-state index < -0.39 is 24.4 Å². The van der Waals surface area contributed by atoms with Crippen LogP contribution in [0.2, 0.25) is 5.02 Å². The smallest absolute Gasteiger partial charge is 0.410 e. The standard InChI is InChI=1S/C15H15ClF2N4O3/c1-15(2)21(14(23)24)11(6-25-15)8-3-4-10(16)9(5-8)12-19-7-20-22(12)13(17)18/h3-5,7,11,13H,6H2,1-2H3,(H,23,24). The first kappa shape index (κ1) is 17.6. The van der Waals surface area contributed by atoms with E-state index in [9.17, 15) is 18.7 Å². The van der Waals surface area contributed by atoms with E-state index in [1.54, 1.807) is 19.9 Å². The van der Waals surface area contributed by atoms with Gasteiger partial charge in [0.2, 0.25) is 0 Å². The molecule has 1 fully saturated rings. The monoisotopic (exact) mass is 372 g/mol. The van der Waals surface area contributed by atoms with Crippen molar-refractivity contribution in [3.8, 4) is 11.4 Å². The van der Waals surface area contributed by atoms with Gasteiger partial charge in [0.05, 0.1) is 17.7 Å². The second kappa shape index (κ2) is 6.23. The number of carboxylic acid groups (broad SMARTS) is 1. The van der Waals surface area contributed by atoms with Crippen molar-refractivity contribution >= 4 is 17.7 Å². The molecule has 7 nitrogen and oxygen atoms in total. The number of ether oxygens (including phenoxy) is 1. The summed E-state index contributed by atoms with van der Waals surface area (Å²) in [6.07, 6.45) is -0.129. The number of nitrogens with zero attached hydrogens (tertiary/aromatic N) is 4. The fourth-order valence-corrected chi connectivity index (χ4v) is 3.12. The molecule has 2 heterocycles. The van der Waals surface area contributed by atoms with Crippen molar-refractivity contribution in [3.63, 3.8) is 0 Å². The number of amides is 1. The molecule has 1 aromatic carbocycles. The predicted octanol–water partition coefficient (Wildman–Crippen LogP) is 3.78. The van der Waals surface area contributed by atoms with Gasteiger partial charge in [0.25, 0.3) is 0 Å². The second-order valence-corrected chi connectivity index (χ2v) is 6.38. The van der Waals surface area contributed by atoms with Crippen molar-refractivity contribution in [3.05, 3.63) is 35.1 Å². The molecule has 1 aliphatic rings. The van der Waals surface area contributed by atoms with E-state index in [4.69, 9.17) is 16.3 Å². The summed E-state index contributed by atoms with van der Waals surface area (Å²) in [5, 5.41) is 13.2. The van der Waals surface area contributed by atoms with Gasteiger partial charge in [0, 0.05) is 5.56 Å². The van der Waals surface area contributed by atoms with Gasteiger partial charge >= 0.3 is 12.6 Å². The Morgan fingerprint density at radius 2 is 2.20 bits per heavy atom. The van der Waals surface area contributed by atoms with Gasteiger partial charge in [-0.3, -0.25) is 4.90 Å². The maximum atomic E-state index is 13.1. The van der Waals surface area contributed by atoms with Crippen molar-refractivity contribution < 1.29 is 23.4 Å². The summed E-state index contributed by atoms with van der Waals surface area (Å²) >= 11 is 6.14. The van der Waals surface area contributed by atoms with Crippen LogP contribution in [0.1, 0.15) is 32.0 Å². The van der Waals surface area contributed by atoms with Crippen LogP contribution in [0.25, 0.3) is 11.4 Å². The highest BCUT2D eigenvalue weighted by Crippen LogP contribution is 2.39. The third kappa shape index (κ3) is 3.05. The molecule has 0 radical (unpaired) electrons. The molecule has 10 heteroatoms. The predicted molar refractivity (Wildman–Crippen MR) is 84.4 cm³/mol. The largest absolute Gasteiger partial charge is 0.465 e. The minimum atomic E-state index is -2.87. The van der Waals surface area contributed by atoms with Crippen LogP contribution in [0.15, 0.2) is 24.5 Å². The molecule has 3 rings (SSSR count). The normalized spacial score (nSPS) is 19.6. The maximum absolute atomic E-state index is 13.1. The van der Waals surface area contributed by atoms with E-state index in [-0.39, 0.29) is 23.0 Å². The Morgan fingerprint density at radius 3 is 2.84 bits per heavy atom. The molecule has 1 amide bonds. The van der Waals surface area contributed by atoms with Gasteiger partial charge in [-0.25, -0.2) is 9.78 Å². The van der Waals surface area contributed by atoms with E-state index >= 15 is 0 Å². The van der Waals surface area contributed by atoms with E-state index in [1.165, 1.54) is 17.0 Å². The van der Waals surface area contributed by atoms with Crippen LogP contribution in [-0.4, -0.2) is 43.2 Å². The van der Waals surface area contributed by atoms with Crippen molar-refractivity contribution in [1.82, 2.24) is 19.7 Å². The molecule has 1 aliphatic heterocycles. The number of carbonyl (C=O) groups is 1. The third-order valence-corrected chi connectivity index (χ3v) is 4.40. The molecule has 1 atom stereocenters. The average molecular weight is 373 g/mol. The van der Waals surface area contributed by atoms with Crippen molar-refractivity contribution in [2.45, 2.75) is 32.2 Å². The Hall–Kier alpha value is -2.26. The van der Waals surface area contributed by atoms with Crippen molar-refractivity contribution in [1.29, 1.82) is 0 Å². The summed E-state index contributed by atoms with van der Waals surface area (Å²) in [6.45, 7) is 0.556. The van der Waals surface area contributed by atoms with E-state index in [0.717, 1.165) is 6.33 Å². The Labute approximate surface area is 146 Å². The van der Waals surface area contributed by atoms with Crippen molar-refractivity contribution in [2.75, 3.05) is 6.61 Å². The van der Waals surface area contributed by atoms with Gasteiger partial charge in [0.15, 0.2) is 5.82 Å². The van der Waals surface area contributed by atoms with E-state index in [0.29, 0.717) is 10.2 Å². The number of alkyl halides is 2. The number of halogens is 3. The topological polar surface area (TPSA) is 80.5 Å². The quantitative estimate of drug-likeness (QED) is 0.886. The minimum absolute atomic E-state index is 0.0955. The molecule has 25 heavy (non-hydrogen) atoms. The van der Waals surface area contributed by atoms with Crippen LogP contribution in [-0.2, 0) is 4.74 Å². The van der Waals surface area contributed by atoms with E-state index in [1.807, 2.05) is 0 Å². The van der Waals surface area contributed by atoms with E-state index in [2.05, 4.69) is 10.1 Å². The molecule has 1 aromatic heterocycles. The zero-order valence-electron chi connectivity index (χ0n) is 13.4. The summed E-state index contributed by atoms with van der Waals surface area (Å²) in [5.74, 6) is -0.0955. The Morgan fingerprint density at radius 1 is 1.48 bits per heavy atom. The van der Waals surface area contributed by atoms with Crippen LogP contribution in [0.5, 0.6) is 0 Å². The highest BCUT2D eigenvalue weighted by Gasteiger charge is 2.44. The lowest BCUT2D eigenvalue weighted by atomic mass is 10.0. The fraction of sp³-hybridized carbons (Fsp3) is 0.400. The molecule has 0 aliphatic carbocycles. The summed E-state index contributed by atoms with van der Waals surface area (Å²) < 4.78 is 32.1. The number of benzene rings is 1. The number of rotatable bonds is 3. The minimum Gasteiger partial charge on any atom is -0.465 e. The first-order valence-corrected chi connectivity index (χ1v) is 7.74. The number of aromatic nitrogens is 3. The molecular formula is C15H15ClF2N4O3. The molecule has 1 unspecified atom stereocenters. The highest BCUT2D eigenvalue weighted by atomic mass is 35.5. The van der Waals surface area contributed by atoms with Crippen molar-refractivity contribution in [2.24, 2.45) is 0 Å². The van der Waals surface area contributed by atoms with Gasteiger partial charge < -0.3 is 9.84 Å². The Kier molecular flexibility index (Phi) is 4.38. The lowest BCUT2D eigenvalue weighted by Crippen LogP contribution is -2.44. The summed E-state index contributed by atoms with van der Waals surface area (Å²) in [7, 11) is 0. The first-order chi connectivity index (χ1) is 11.7. The van der Waals surface area contributed by atoms with Gasteiger partial charge in [0.1, 0.15) is 12.1 Å². The molecule has 0 spiro atoms. The summed E-state index contributed by atoms with van der Waals surface area (Å²) in [6, 6.07) is 4.10. The van der Waals surface area contributed by atoms with Gasteiger partial charge in [-0.15, -0.1) is 0 Å². The average Bonchev–Trinajstić information content (AvgIpc) is 3.11. The third-order valence-electron chi connectivity index (χ3n) is 4.07. The molecule has 134 valence electrons. The first-order valence-electron chi connectivity index (χ1n) is 7.36.